The molecule has 0 heterocycles. The zero-order chi connectivity index (χ0) is 9.78. The van der Waals surface area contributed by atoms with Gasteiger partial charge in [-0.05, 0) is 45.4 Å². The lowest BCUT2D eigenvalue weighted by atomic mass is 10.3. The summed E-state index contributed by atoms with van der Waals surface area (Å²) in [5.74, 6) is 0. The fourth-order valence-corrected chi connectivity index (χ4v) is 1.19. The van der Waals surface area contributed by atoms with Gasteiger partial charge in [0.05, 0.1) is 0 Å². The van der Waals surface area contributed by atoms with E-state index in [1.165, 1.54) is 58.3 Å². The van der Waals surface area contributed by atoms with E-state index in [1.54, 1.807) is 0 Å². The minimum absolute atomic E-state index is 0. The fourth-order valence-electron chi connectivity index (χ4n) is 1.19. The van der Waals surface area contributed by atoms with E-state index in [1.807, 2.05) is 0 Å². The Balaban J connectivity index is 0. The lowest BCUT2D eigenvalue weighted by molar-refractivity contribution is 0.571. The highest BCUT2D eigenvalue weighted by Crippen LogP contribution is 1.84. The number of unbranched alkanes of at least 4 members (excludes halogenated alkanes) is 2. The molecule has 0 spiro atoms. The first-order valence-corrected chi connectivity index (χ1v) is 5.83. The molecule has 0 saturated carbocycles. The van der Waals surface area contributed by atoms with E-state index >= 15 is 0 Å². The molecule has 2 nitrogen and oxygen atoms in total. The second-order valence-corrected chi connectivity index (χ2v) is 3.56. The van der Waals surface area contributed by atoms with E-state index in [4.69, 9.17) is 0 Å². The maximum absolute atomic E-state index is 3.44. The maximum Gasteiger partial charge on any atom is -0.00368 e. The largest absolute Gasteiger partial charge is 0.317 e. The highest BCUT2D eigenvalue weighted by atomic mass is 35.5. The van der Waals surface area contributed by atoms with Crippen LogP contribution in [0.4, 0.5) is 0 Å². The van der Waals surface area contributed by atoms with Crippen LogP contribution >= 0.6 is 12.4 Å². The van der Waals surface area contributed by atoms with Gasteiger partial charge in [-0.2, -0.15) is 0 Å². The molecule has 0 unspecified atom stereocenters. The summed E-state index contributed by atoms with van der Waals surface area (Å²) in [4.78, 5) is 0. The molecule has 2 N–H and O–H groups in total. The van der Waals surface area contributed by atoms with Crippen molar-refractivity contribution in [2.24, 2.45) is 0 Å². The molecule has 0 amide bonds. The second kappa shape index (κ2) is 15.7. The summed E-state index contributed by atoms with van der Waals surface area (Å²) in [5, 5.41) is 6.87. The van der Waals surface area contributed by atoms with Gasteiger partial charge in [-0.25, -0.2) is 0 Å². The predicted octanol–water partition coefficient (Wildman–Crippen LogP) is 2.58. The van der Waals surface area contributed by atoms with Crippen molar-refractivity contribution < 1.29 is 0 Å². The summed E-state index contributed by atoms with van der Waals surface area (Å²) < 4.78 is 0. The Morgan fingerprint density at radius 1 is 0.643 bits per heavy atom. The average molecular weight is 223 g/mol. The Morgan fingerprint density at radius 3 is 1.36 bits per heavy atom. The van der Waals surface area contributed by atoms with Crippen molar-refractivity contribution in [3.05, 3.63) is 0 Å². The quantitative estimate of drug-likeness (QED) is 0.556. The minimum Gasteiger partial charge on any atom is -0.317 e. The van der Waals surface area contributed by atoms with Crippen molar-refractivity contribution in [3.63, 3.8) is 0 Å². The van der Waals surface area contributed by atoms with Crippen LogP contribution in [0.3, 0.4) is 0 Å². The van der Waals surface area contributed by atoms with Crippen LogP contribution in [0.5, 0.6) is 0 Å². The molecule has 0 aliphatic rings. The van der Waals surface area contributed by atoms with Gasteiger partial charge in [-0.15, -0.1) is 12.4 Å². The molecule has 0 atom stereocenters. The first-order chi connectivity index (χ1) is 6.41. The summed E-state index contributed by atoms with van der Waals surface area (Å²) in [6.07, 6.45) is 6.46. The Hall–Kier alpha value is 0.210. The molecular formula is C11H27ClN2. The van der Waals surface area contributed by atoms with Crippen LogP contribution in [-0.2, 0) is 0 Å². The molecule has 3 heteroatoms. The molecule has 0 rings (SSSR count). The predicted molar refractivity (Wildman–Crippen MR) is 67.4 cm³/mol. The summed E-state index contributed by atoms with van der Waals surface area (Å²) in [7, 11) is 0. The van der Waals surface area contributed by atoms with E-state index in [2.05, 4.69) is 24.5 Å². The SMILES string of the molecule is CCCCNCCCNCCCC.Cl. The van der Waals surface area contributed by atoms with E-state index in [-0.39, 0.29) is 12.4 Å². The number of nitrogens with one attached hydrogen (secondary N) is 2. The molecule has 14 heavy (non-hydrogen) atoms. The van der Waals surface area contributed by atoms with Crippen LogP contribution in [0.15, 0.2) is 0 Å². The minimum atomic E-state index is 0. The molecule has 0 aliphatic carbocycles. The lowest BCUT2D eigenvalue weighted by Crippen LogP contribution is -2.23. The highest BCUT2D eigenvalue weighted by molar-refractivity contribution is 5.85. The molecule has 0 aromatic rings. The first-order valence-electron chi connectivity index (χ1n) is 5.83. The Bertz CT molecular complexity index is 79.4. The summed E-state index contributed by atoms with van der Waals surface area (Å²) >= 11 is 0. The number of hydrogen-bond donors (Lipinski definition) is 2. The van der Waals surface area contributed by atoms with Crippen LogP contribution in [0.25, 0.3) is 0 Å². The summed E-state index contributed by atoms with van der Waals surface area (Å²) in [5.41, 5.74) is 0. The van der Waals surface area contributed by atoms with Gasteiger partial charge in [0, 0.05) is 0 Å². The number of halogens is 1. The number of hydrogen-bond acceptors (Lipinski definition) is 2. The zero-order valence-electron chi connectivity index (χ0n) is 9.77. The van der Waals surface area contributed by atoms with Gasteiger partial charge in [-0.3, -0.25) is 0 Å². The third-order valence-corrected chi connectivity index (χ3v) is 2.12. The summed E-state index contributed by atoms with van der Waals surface area (Å²) in [6.45, 7) is 9.16. The molecule has 88 valence electrons. The molecule has 0 aromatic heterocycles. The lowest BCUT2D eigenvalue weighted by Gasteiger charge is -2.04. The van der Waals surface area contributed by atoms with Crippen LogP contribution in [0, 0.1) is 0 Å². The van der Waals surface area contributed by atoms with E-state index in [0.717, 1.165) is 0 Å². The van der Waals surface area contributed by atoms with Crippen LogP contribution in [0.2, 0.25) is 0 Å². The van der Waals surface area contributed by atoms with Crippen molar-refractivity contribution in [3.8, 4) is 0 Å². The molecule has 0 aliphatic heterocycles. The van der Waals surface area contributed by atoms with E-state index < -0.39 is 0 Å². The van der Waals surface area contributed by atoms with Crippen molar-refractivity contribution >= 4 is 12.4 Å². The molecule has 0 saturated heterocycles. The molecule has 0 aromatic carbocycles. The third-order valence-electron chi connectivity index (χ3n) is 2.12. The van der Waals surface area contributed by atoms with Crippen LogP contribution in [-0.4, -0.2) is 26.2 Å². The van der Waals surface area contributed by atoms with Crippen LogP contribution < -0.4 is 10.6 Å². The highest BCUT2D eigenvalue weighted by Gasteiger charge is 1.88. The van der Waals surface area contributed by atoms with Gasteiger partial charge in [-0.1, -0.05) is 26.7 Å². The Labute approximate surface area is 95.6 Å². The Morgan fingerprint density at radius 2 is 1.00 bits per heavy atom. The van der Waals surface area contributed by atoms with Gasteiger partial charge in [0.1, 0.15) is 0 Å². The van der Waals surface area contributed by atoms with E-state index in [9.17, 15) is 0 Å². The van der Waals surface area contributed by atoms with Gasteiger partial charge >= 0.3 is 0 Å². The standard InChI is InChI=1S/C11H26N2.ClH/c1-3-5-8-12-10-7-11-13-9-6-4-2;/h12-13H,3-11H2,1-2H3;1H. The summed E-state index contributed by atoms with van der Waals surface area (Å²) in [6, 6.07) is 0. The molecular weight excluding hydrogens is 196 g/mol. The van der Waals surface area contributed by atoms with Crippen molar-refractivity contribution in [1.82, 2.24) is 10.6 Å². The van der Waals surface area contributed by atoms with E-state index in [0.29, 0.717) is 0 Å². The van der Waals surface area contributed by atoms with Gasteiger partial charge in [0.2, 0.25) is 0 Å². The van der Waals surface area contributed by atoms with Crippen molar-refractivity contribution in [2.45, 2.75) is 46.0 Å². The molecule has 0 radical (unpaired) electrons. The van der Waals surface area contributed by atoms with Crippen LogP contribution in [0.1, 0.15) is 46.0 Å². The smallest absolute Gasteiger partial charge is 0.00368 e. The molecule has 0 bridgehead atoms. The zero-order valence-corrected chi connectivity index (χ0v) is 10.6. The first kappa shape index (κ1) is 16.6. The average Bonchev–Trinajstić information content (AvgIpc) is 2.16. The van der Waals surface area contributed by atoms with Gasteiger partial charge in [0.15, 0.2) is 0 Å². The normalized spacial score (nSPS) is 9.86. The monoisotopic (exact) mass is 222 g/mol. The second-order valence-electron chi connectivity index (χ2n) is 3.56. The van der Waals surface area contributed by atoms with Gasteiger partial charge in [0.25, 0.3) is 0 Å². The van der Waals surface area contributed by atoms with Crippen molar-refractivity contribution in [1.29, 1.82) is 0 Å². The number of rotatable bonds is 10. The Kier molecular flexibility index (Phi) is 18.6. The molecule has 0 fully saturated rings. The maximum atomic E-state index is 3.44. The fraction of sp³-hybridized carbons (Fsp3) is 1.00. The van der Waals surface area contributed by atoms with Crippen molar-refractivity contribution in [2.75, 3.05) is 26.2 Å². The topological polar surface area (TPSA) is 24.1 Å². The third kappa shape index (κ3) is 14.7. The van der Waals surface area contributed by atoms with Gasteiger partial charge < -0.3 is 10.6 Å².